The molecule has 0 atom stereocenters. The molecule has 0 unspecified atom stereocenters. The summed E-state index contributed by atoms with van der Waals surface area (Å²) in [6.07, 6.45) is 0.474. The Morgan fingerprint density at radius 3 is 2.22 bits per heavy atom. The summed E-state index contributed by atoms with van der Waals surface area (Å²) in [7, 11) is -3.70. The van der Waals surface area contributed by atoms with Gasteiger partial charge in [-0.05, 0) is 23.8 Å². The molecule has 23 heavy (non-hydrogen) atoms. The zero-order valence-corrected chi connectivity index (χ0v) is 13.5. The van der Waals surface area contributed by atoms with Gasteiger partial charge in [-0.2, -0.15) is 5.10 Å². The first-order valence-corrected chi connectivity index (χ1v) is 8.08. The van der Waals surface area contributed by atoms with Gasteiger partial charge in [0.2, 0.25) is 10.0 Å². The fourth-order valence-corrected chi connectivity index (χ4v) is 2.81. The van der Waals surface area contributed by atoms with Gasteiger partial charge < -0.3 is 0 Å². The van der Waals surface area contributed by atoms with Crippen LogP contribution in [0.3, 0.4) is 0 Å². The number of benzene rings is 2. The van der Waals surface area contributed by atoms with Crippen molar-refractivity contribution in [3.05, 3.63) is 70.1 Å². The molecule has 0 aliphatic rings. The fraction of sp³-hybridized carbons (Fsp3) is 0.0667. The second-order valence-electron chi connectivity index (χ2n) is 4.91. The third-order valence-corrected chi connectivity index (χ3v) is 4.33. The zero-order valence-electron chi connectivity index (χ0n) is 11.9. The van der Waals surface area contributed by atoms with E-state index in [-0.39, 0.29) is 22.9 Å². The van der Waals surface area contributed by atoms with Gasteiger partial charge in [-0.15, -0.1) is 12.4 Å². The van der Waals surface area contributed by atoms with Gasteiger partial charge in [-0.25, -0.2) is 18.7 Å². The van der Waals surface area contributed by atoms with Gasteiger partial charge >= 0.3 is 0 Å². The lowest BCUT2D eigenvalue weighted by Gasteiger charge is -2.06. The van der Waals surface area contributed by atoms with Crippen LogP contribution in [0.15, 0.2) is 58.2 Å². The third-order valence-electron chi connectivity index (χ3n) is 3.40. The minimum Gasteiger partial charge on any atom is -0.267 e. The van der Waals surface area contributed by atoms with Crippen LogP contribution in [0.5, 0.6) is 0 Å². The average molecular weight is 352 g/mol. The van der Waals surface area contributed by atoms with E-state index in [1.807, 2.05) is 12.1 Å². The maximum absolute atomic E-state index is 11.7. The van der Waals surface area contributed by atoms with E-state index in [0.717, 1.165) is 16.6 Å². The number of halogens is 1. The number of aromatic nitrogens is 2. The van der Waals surface area contributed by atoms with E-state index >= 15 is 0 Å². The molecule has 3 rings (SSSR count). The van der Waals surface area contributed by atoms with Crippen molar-refractivity contribution in [2.75, 3.05) is 0 Å². The lowest BCUT2D eigenvalue weighted by atomic mass is 10.0. The topological polar surface area (TPSA) is 106 Å². The Morgan fingerprint density at radius 1 is 1.00 bits per heavy atom. The molecule has 6 nitrogen and oxygen atoms in total. The molecule has 0 saturated carbocycles. The van der Waals surface area contributed by atoms with Crippen molar-refractivity contribution < 1.29 is 8.42 Å². The van der Waals surface area contributed by atoms with Crippen LogP contribution in [0.1, 0.15) is 11.3 Å². The molecule has 120 valence electrons. The SMILES string of the molecule is Cl.NS(=O)(=O)c1ccc(Cc2n[nH]c(=O)c3ccccc23)cc1. The number of H-pyrrole nitrogens is 1. The normalized spacial score (nSPS) is 11.2. The summed E-state index contributed by atoms with van der Waals surface area (Å²) >= 11 is 0. The number of nitrogens with zero attached hydrogens (tertiary/aromatic N) is 1. The lowest BCUT2D eigenvalue weighted by molar-refractivity contribution is 0.598. The molecule has 0 aliphatic carbocycles. The predicted octanol–water partition coefficient (Wildman–Crippen LogP) is 1.58. The summed E-state index contributed by atoms with van der Waals surface area (Å²) < 4.78 is 22.5. The largest absolute Gasteiger partial charge is 0.272 e. The van der Waals surface area contributed by atoms with Crippen LogP contribution in [0, 0.1) is 0 Å². The van der Waals surface area contributed by atoms with Gasteiger partial charge in [-0.3, -0.25) is 4.79 Å². The van der Waals surface area contributed by atoms with Crippen molar-refractivity contribution in [2.24, 2.45) is 5.14 Å². The molecule has 1 heterocycles. The maximum Gasteiger partial charge on any atom is 0.272 e. The number of primary sulfonamides is 1. The standard InChI is InChI=1S/C15H13N3O3S.ClH/c16-22(20,21)11-7-5-10(6-8-11)9-14-12-3-1-2-4-13(12)15(19)18-17-14;/h1-8H,9H2,(H,18,19)(H2,16,20,21);1H. The van der Waals surface area contributed by atoms with Crippen LogP contribution in [0.25, 0.3) is 10.8 Å². The van der Waals surface area contributed by atoms with Crippen molar-refractivity contribution in [3.8, 4) is 0 Å². The number of hydrogen-bond donors (Lipinski definition) is 2. The Labute approximate surface area is 138 Å². The average Bonchev–Trinajstić information content (AvgIpc) is 2.50. The highest BCUT2D eigenvalue weighted by Gasteiger charge is 2.09. The highest BCUT2D eigenvalue weighted by Crippen LogP contribution is 2.17. The number of fused-ring (bicyclic) bond motifs is 1. The number of nitrogens with one attached hydrogen (secondary N) is 1. The predicted molar refractivity (Wildman–Crippen MR) is 90.2 cm³/mol. The first-order valence-electron chi connectivity index (χ1n) is 6.53. The first-order chi connectivity index (χ1) is 10.4. The summed E-state index contributed by atoms with van der Waals surface area (Å²) in [4.78, 5) is 11.8. The molecule has 1 aromatic heterocycles. The molecule has 0 bridgehead atoms. The monoisotopic (exact) mass is 351 g/mol. The van der Waals surface area contributed by atoms with E-state index < -0.39 is 10.0 Å². The molecule has 3 aromatic rings. The first kappa shape index (κ1) is 17.1. The highest BCUT2D eigenvalue weighted by molar-refractivity contribution is 7.89. The second kappa shape index (κ2) is 6.49. The summed E-state index contributed by atoms with van der Waals surface area (Å²) in [5.74, 6) is 0. The van der Waals surface area contributed by atoms with Gasteiger partial charge in [0.1, 0.15) is 0 Å². The molecule has 3 N–H and O–H groups in total. The van der Waals surface area contributed by atoms with E-state index in [0.29, 0.717) is 11.8 Å². The highest BCUT2D eigenvalue weighted by atomic mass is 35.5. The summed E-state index contributed by atoms with van der Waals surface area (Å²) in [6, 6.07) is 13.5. The molecule has 0 spiro atoms. The van der Waals surface area contributed by atoms with Gasteiger partial charge in [0.05, 0.1) is 16.0 Å². The number of rotatable bonds is 3. The Kier molecular flexibility index (Phi) is 4.84. The van der Waals surface area contributed by atoms with Gasteiger partial charge in [0.15, 0.2) is 0 Å². The smallest absolute Gasteiger partial charge is 0.267 e. The van der Waals surface area contributed by atoms with E-state index in [2.05, 4.69) is 10.2 Å². The van der Waals surface area contributed by atoms with Crippen LogP contribution in [0.4, 0.5) is 0 Å². The van der Waals surface area contributed by atoms with E-state index in [9.17, 15) is 13.2 Å². The molecule has 0 amide bonds. The van der Waals surface area contributed by atoms with Crippen LogP contribution in [-0.4, -0.2) is 18.6 Å². The minimum absolute atomic E-state index is 0. The van der Waals surface area contributed by atoms with Gasteiger partial charge in [-0.1, -0.05) is 30.3 Å². The van der Waals surface area contributed by atoms with Gasteiger partial charge in [0.25, 0.3) is 5.56 Å². The third kappa shape index (κ3) is 3.58. The van der Waals surface area contributed by atoms with Crippen molar-refractivity contribution in [1.29, 1.82) is 0 Å². The molecule has 0 radical (unpaired) electrons. The molecular weight excluding hydrogens is 338 g/mol. The van der Waals surface area contributed by atoms with Gasteiger partial charge in [0, 0.05) is 11.8 Å². The van der Waals surface area contributed by atoms with Crippen molar-refractivity contribution in [1.82, 2.24) is 10.2 Å². The molecule has 0 aliphatic heterocycles. The van der Waals surface area contributed by atoms with E-state index in [1.165, 1.54) is 12.1 Å². The number of sulfonamides is 1. The number of aromatic amines is 1. The van der Waals surface area contributed by atoms with Crippen LogP contribution in [-0.2, 0) is 16.4 Å². The fourth-order valence-electron chi connectivity index (χ4n) is 2.30. The minimum atomic E-state index is -3.70. The van der Waals surface area contributed by atoms with Crippen molar-refractivity contribution in [2.45, 2.75) is 11.3 Å². The van der Waals surface area contributed by atoms with Crippen molar-refractivity contribution in [3.63, 3.8) is 0 Å². The van der Waals surface area contributed by atoms with Crippen LogP contribution in [0.2, 0.25) is 0 Å². The Hall–Kier alpha value is -2.22. The molecule has 0 saturated heterocycles. The number of nitrogens with two attached hydrogens (primary N) is 1. The molecule has 0 fully saturated rings. The van der Waals surface area contributed by atoms with E-state index in [4.69, 9.17) is 5.14 Å². The summed E-state index contributed by atoms with van der Waals surface area (Å²) in [5, 5.41) is 13.0. The quantitative estimate of drug-likeness (QED) is 0.747. The summed E-state index contributed by atoms with van der Waals surface area (Å²) in [5.41, 5.74) is 1.36. The second-order valence-corrected chi connectivity index (χ2v) is 6.47. The summed E-state index contributed by atoms with van der Waals surface area (Å²) in [6.45, 7) is 0. The van der Waals surface area contributed by atoms with Crippen LogP contribution < -0.4 is 10.7 Å². The molecule has 2 aromatic carbocycles. The Bertz CT molecular complexity index is 998. The molecule has 8 heteroatoms. The lowest BCUT2D eigenvalue weighted by Crippen LogP contribution is -2.12. The number of hydrogen-bond acceptors (Lipinski definition) is 4. The Balaban J connectivity index is 0.00000192. The Morgan fingerprint density at radius 2 is 1.61 bits per heavy atom. The van der Waals surface area contributed by atoms with Crippen molar-refractivity contribution >= 4 is 33.2 Å². The maximum atomic E-state index is 11.7. The van der Waals surface area contributed by atoms with E-state index in [1.54, 1.807) is 24.3 Å². The zero-order chi connectivity index (χ0) is 15.7. The molecular formula is C15H14ClN3O3S. The van der Waals surface area contributed by atoms with Crippen LogP contribution >= 0.6 is 12.4 Å².